The second-order valence-electron chi connectivity index (χ2n) is 1.37. The van der Waals surface area contributed by atoms with Gasteiger partial charge in [0, 0.05) is 18.5 Å². The molecule has 2 nitrogen and oxygen atoms in total. The van der Waals surface area contributed by atoms with E-state index < -0.39 is 0 Å². The summed E-state index contributed by atoms with van der Waals surface area (Å²) in [6.45, 7) is 6.04. The summed E-state index contributed by atoms with van der Waals surface area (Å²) in [6, 6.07) is 0. The highest BCUT2D eigenvalue weighted by Crippen LogP contribution is 1.72. The average Bonchev–Trinajstić information content (AvgIpc) is 1.61. The third kappa shape index (κ3) is 5.21. The molecule has 0 saturated heterocycles. The maximum atomic E-state index is 6.57. The van der Waals surface area contributed by atoms with Gasteiger partial charge in [0.25, 0.3) is 0 Å². The maximum absolute atomic E-state index is 6.57. The third-order valence-electron chi connectivity index (χ3n) is 0.506. The molecule has 0 aromatic rings. The van der Waals surface area contributed by atoms with Crippen LogP contribution in [0.1, 0.15) is 6.92 Å². The number of rotatable bonds is 3. The van der Waals surface area contributed by atoms with Crippen LogP contribution in [0.3, 0.4) is 0 Å². The van der Waals surface area contributed by atoms with E-state index in [0.29, 0.717) is 6.54 Å². The van der Waals surface area contributed by atoms with Gasteiger partial charge in [-0.1, -0.05) is 6.58 Å². The third-order valence-corrected chi connectivity index (χ3v) is 0.506. The normalized spacial score (nSPS) is 7.57. The van der Waals surface area contributed by atoms with Gasteiger partial charge in [0.15, 0.2) is 0 Å². The van der Waals surface area contributed by atoms with Crippen molar-refractivity contribution < 1.29 is 0 Å². The summed E-state index contributed by atoms with van der Waals surface area (Å²) in [6.07, 6.45) is 1.30. The van der Waals surface area contributed by atoms with Gasteiger partial charge < -0.3 is 10.7 Å². The van der Waals surface area contributed by atoms with E-state index in [-0.39, 0.29) is 0 Å². The first-order valence-electron chi connectivity index (χ1n) is 2.15. The Labute approximate surface area is 43.7 Å². The van der Waals surface area contributed by atoms with Gasteiger partial charge in [-0.15, -0.1) is 0 Å². The van der Waals surface area contributed by atoms with E-state index in [1.165, 1.54) is 6.21 Å². The van der Waals surface area contributed by atoms with Crippen LogP contribution in [0.15, 0.2) is 12.3 Å². The fourth-order valence-electron chi connectivity index (χ4n) is 0.225. The molecule has 0 aliphatic heterocycles. The largest absolute Gasteiger partial charge is 0.384 e. The molecule has 0 rings (SSSR count). The zero-order valence-electron chi connectivity index (χ0n) is 4.49. The minimum absolute atomic E-state index is 0.593. The van der Waals surface area contributed by atoms with Crippen LogP contribution >= 0.6 is 0 Å². The van der Waals surface area contributed by atoms with Crippen molar-refractivity contribution in [2.75, 3.05) is 6.54 Å². The van der Waals surface area contributed by atoms with Crippen molar-refractivity contribution >= 4 is 6.21 Å². The highest BCUT2D eigenvalue weighted by Gasteiger charge is 1.74. The molecule has 0 bridgehead atoms. The predicted molar refractivity (Wildman–Crippen MR) is 31.6 cm³/mol. The second-order valence-corrected chi connectivity index (χ2v) is 1.37. The Hall–Kier alpha value is -0.790. The van der Waals surface area contributed by atoms with Crippen molar-refractivity contribution in [3.05, 3.63) is 12.3 Å². The molecule has 0 radical (unpaired) electrons. The highest BCUT2D eigenvalue weighted by molar-refractivity contribution is 5.55. The molecule has 2 N–H and O–H groups in total. The molecule has 0 amide bonds. The lowest BCUT2D eigenvalue weighted by Gasteiger charge is -1.95. The van der Waals surface area contributed by atoms with Crippen LogP contribution in [0.4, 0.5) is 0 Å². The fourth-order valence-corrected chi connectivity index (χ4v) is 0.225. The van der Waals surface area contributed by atoms with Gasteiger partial charge in [-0.25, -0.2) is 0 Å². The summed E-state index contributed by atoms with van der Waals surface area (Å²) >= 11 is 0. The quantitative estimate of drug-likeness (QED) is 0.502. The average molecular weight is 98.1 g/mol. The molecular formula is C5H10N2. The molecule has 7 heavy (non-hydrogen) atoms. The maximum Gasteiger partial charge on any atom is 0.0493 e. The van der Waals surface area contributed by atoms with Crippen molar-refractivity contribution in [1.29, 1.82) is 5.41 Å². The first kappa shape index (κ1) is 6.21. The van der Waals surface area contributed by atoms with Crippen molar-refractivity contribution in [1.82, 2.24) is 5.32 Å². The van der Waals surface area contributed by atoms with Gasteiger partial charge in [-0.2, -0.15) is 0 Å². The number of allylic oxidation sites excluding steroid dienone is 1. The summed E-state index contributed by atoms with van der Waals surface area (Å²) in [5.41, 5.74) is 0.906. The smallest absolute Gasteiger partial charge is 0.0493 e. The lowest BCUT2D eigenvalue weighted by molar-refractivity contribution is 0.942. The van der Waals surface area contributed by atoms with Crippen LogP contribution in [0.25, 0.3) is 0 Å². The number of nitrogens with one attached hydrogen (secondary N) is 2. The summed E-state index contributed by atoms with van der Waals surface area (Å²) in [5.74, 6) is 0. The molecule has 0 aromatic heterocycles. The molecule has 0 spiro atoms. The minimum Gasteiger partial charge on any atom is -0.384 e. The minimum atomic E-state index is 0.593. The Bertz CT molecular complexity index is 76.1. The second kappa shape index (κ2) is 3.40. The van der Waals surface area contributed by atoms with E-state index in [0.717, 1.165) is 5.70 Å². The van der Waals surface area contributed by atoms with Crippen molar-refractivity contribution in [3.8, 4) is 0 Å². The van der Waals surface area contributed by atoms with Gasteiger partial charge in [0.2, 0.25) is 0 Å². The summed E-state index contributed by atoms with van der Waals surface area (Å²) in [5, 5.41) is 9.43. The van der Waals surface area contributed by atoms with Crippen molar-refractivity contribution in [2.45, 2.75) is 6.92 Å². The summed E-state index contributed by atoms with van der Waals surface area (Å²) in [7, 11) is 0. The van der Waals surface area contributed by atoms with E-state index in [4.69, 9.17) is 5.41 Å². The Morgan fingerprint density at radius 2 is 2.57 bits per heavy atom. The molecule has 0 saturated carbocycles. The van der Waals surface area contributed by atoms with Crippen molar-refractivity contribution in [2.24, 2.45) is 0 Å². The highest BCUT2D eigenvalue weighted by atomic mass is 14.9. The molecule has 0 atom stereocenters. The first-order valence-corrected chi connectivity index (χ1v) is 2.15. The molecule has 0 heterocycles. The predicted octanol–water partition coefficient (Wildman–Crippen LogP) is 0.759. The van der Waals surface area contributed by atoms with Gasteiger partial charge >= 0.3 is 0 Å². The lowest BCUT2D eigenvalue weighted by Crippen LogP contribution is -2.11. The fraction of sp³-hybridized carbons (Fsp3) is 0.400. The van der Waals surface area contributed by atoms with Gasteiger partial charge in [0.05, 0.1) is 0 Å². The molecular weight excluding hydrogens is 88.1 g/mol. The Morgan fingerprint density at radius 1 is 2.00 bits per heavy atom. The molecule has 0 aliphatic rings. The molecule has 40 valence electrons. The molecule has 0 aliphatic carbocycles. The molecule has 0 fully saturated rings. The standard InChI is InChI=1S/C5H10N2/c1-5(2)7-4-3-6/h3,6-7H,1,4H2,2H3. The van der Waals surface area contributed by atoms with Gasteiger partial charge in [-0.05, 0) is 6.92 Å². The Kier molecular flexibility index (Phi) is 3.02. The lowest BCUT2D eigenvalue weighted by atomic mass is 10.5. The first-order chi connectivity index (χ1) is 3.27. The molecule has 0 aromatic carbocycles. The van der Waals surface area contributed by atoms with E-state index in [1.807, 2.05) is 6.92 Å². The Balaban J connectivity index is 2.97. The Morgan fingerprint density at radius 3 is 2.71 bits per heavy atom. The van der Waals surface area contributed by atoms with Crippen LogP contribution in [0.2, 0.25) is 0 Å². The summed E-state index contributed by atoms with van der Waals surface area (Å²) < 4.78 is 0. The molecule has 2 heteroatoms. The van der Waals surface area contributed by atoms with Gasteiger partial charge in [-0.3, -0.25) is 0 Å². The van der Waals surface area contributed by atoms with Crippen LogP contribution in [0, 0.1) is 5.41 Å². The van der Waals surface area contributed by atoms with E-state index in [2.05, 4.69) is 11.9 Å². The zero-order chi connectivity index (χ0) is 5.70. The van der Waals surface area contributed by atoms with E-state index in [9.17, 15) is 0 Å². The van der Waals surface area contributed by atoms with Crippen molar-refractivity contribution in [3.63, 3.8) is 0 Å². The van der Waals surface area contributed by atoms with Crippen LogP contribution in [-0.4, -0.2) is 12.8 Å². The van der Waals surface area contributed by atoms with E-state index in [1.54, 1.807) is 0 Å². The van der Waals surface area contributed by atoms with Crippen LogP contribution in [0.5, 0.6) is 0 Å². The van der Waals surface area contributed by atoms with Gasteiger partial charge in [0.1, 0.15) is 0 Å². The van der Waals surface area contributed by atoms with Crippen LogP contribution < -0.4 is 5.32 Å². The van der Waals surface area contributed by atoms with E-state index >= 15 is 0 Å². The number of hydrogen-bond donors (Lipinski definition) is 2. The SMILES string of the molecule is C=C(C)NCC=N. The number of hydrogen-bond acceptors (Lipinski definition) is 2. The zero-order valence-corrected chi connectivity index (χ0v) is 4.49. The molecule has 0 unspecified atom stereocenters. The topological polar surface area (TPSA) is 35.9 Å². The monoisotopic (exact) mass is 98.1 g/mol. The van der Waals surface area contributed by atoms with Crippen LogP contribution in [-0.2, 0) is 0 Å². The summed E-state index contributed by atoms with van der Waals surface area (Å²) in [4.78, 5) is 0.